The molecule has 3 aromatic carbocycles. The molecule has 0 spiro atoms. The molecule has 166 valence electrons. The zero-order valence-electron chi connectivity index (χ0n) is 18.0. The number of benzene rings is 3. The van der Waals surface area contributed by atoms with Gasteiger partial charge in [-0.3, -0.25) is 19.0 Å². The number of aryl methyl sites for hydroxylation is 1. The van der Waals surface area contributed by atoms with Crippen LogP contribution in [0.1, 0.15) is 21.5 Å². The minimum atomic E-state index is -0.483. The smallest absolute Gasteiger partial charge is 0.252 e. The molecular formula is C26H22FN3O3. The van der Waals surface area contributed by atoms with E-state index in [1.54, 1.807) is 43.3 Å². The lowest BCUT2D eigenvalue weighted by Crippen LogP contribution is -2.30. The third kappa shape index (κ3) is 4.98. The van der Waals surface area contributed by atoms with Crippen LogP contribution >= 0.6 is 0 Å². The van der Waals surface area contributed by atoms with Gasteiger partial charge in [0.25, 0.3) is 11.5 Å². The zero-order valence-corrected chi connectivity index (χ0v) is 18.0. The highest BCUT2D eigenvalue weighted by molar-refractivity contribution is 6.06. The van der Waals surface area contributed by atoms with Gasteiger partial charge in [-0.2, -0.15) is 0 Å². The number of hydrogen-bond donors (Lipinski definition) is 2. The standard InChI is InChI=1S/C26H22FN3O3/c1-17-11-12-19(13-22(17)27)29-24(31)16-30-23-10-6-5-9-20(23)21(14-25(30)32)26(33)28-15-18-7-3-2-4-8-18/h2-14H,15-16H2,1H3,(H,28,33)(H,29,31). The van der Waals surface area contributed by atoms with Crippen LogP contribution in [-0.4, -0.2) is 16.4 Å². The molecule has 0 saturated heterocycles. The van der Waals surface area contributed by atoms with Crippen LogP contribution in [0.25, 0.3) is 10.9 Å². The lowest BCUT2D eigenvalue weighted by Gasteiger charge is -2.14. The van der Waals surface area contributed by atoms with Crippen LogP contribution in [0.5, 0.6) is 0 Å². The molecule has 0 aliphatic heterocycles. The lowest BCUT2D eigenvalue weighted by molar-refractivity contribution is -0.116. The number of nitrogens with zero attached hydrogens (tertiary/aromatic N) is 1. The minimum Gasteiger partial charge on any atom is -0.348 e. The number of carbonyl (C=O) groups is 2. The summed E-state index contributed by atoms with van der Waals surface area (Å²) in [5, 5.41) is 6.00. The number of rotatable bonds is 6. The van der Waals surface area contributed by atoms with E-state index in [2.05, 4.69) is 10.6 Å². The van der Waals surface area contributed by atoms with Gasteiger partial charge in [-0.15, -0.1) is 0 Å². The summed E-state index contributed by atoms with van der Waals surface area (Å²) in [6.07, 6.45) is 0. The van der Waals surface area contributed by atoms with E-state index in [1.807, 2.05) is 30.3 Å². The summed E-state index contributed by atoms with van der Waals surface area (Å²) < 4.78 is 15.1. The van der Waals surface area contributed by atoms with Crippen molar-refractivity contribution in [3.8, 4) is 0 Å². The number of anilines is 1. The molecule has 7 heteroatoms. The van der Waals surface area contributed by atoms with E-state index in [0.717, 1.165) is 5.56 Å². The van der Waals surface area contributed by atoms with Crippen molar-refractivity contribution in [1.82, 2.24) is 9.88 Å². The average Bonchev–Trinajstić information content (AvgIpc) is 2.82. The highest BCUT2D eigenvalue weighted by Gasteiger charge is 2.16. The highest BCUT2D eigenvalue weighted by atomic mass is 19.1. The number of amides is 2. The van der Waals surface area contributed by atoms with Crippen molar-refractivity contribution >= 4 is 28.4 Å². The first-order chi connectivity index (χ1) is 15.9. The molecule has 2 amide bonds. The molecule has 6 nitrogen and oxygen atoms in total. The maximum Gasteiger partial charge on any atom is 0.252 e. The molecule has 0 radical (unpaired) electrons. The first kappa shape index (κ1) is 22.0. The summed E-state index contributed by atoms with van der Waals surface area (Å²) in [5.74, 6) is -1.29. The largest absolute Gasteiger partial charge is 0.348 e. The topological polar surface area (TPSA) is 80.2 Å². The number of pyridine rings is 1. The van der Waals surface area contributed by atoms with Gasteiger partial charge >= 0.3 is 0 Å². The van der Waals surface area contributed by atoms with Gasteiger partial charge in [-0.1, -0.05) is 54.6 Å². The molecule has 4 rings (SSSR count). The number of halogens is 1. The molecule has 2 N–H and O–H groups in total. The summed E-state index contributed by atoms with van der Waals surface area (Å²) in [5.41, 5.74) is 1.93. The van der Waals surface area contributed by atoms with E-state index < -0.39 is 17.3 Å². The maximum atomic E-state index is 13.8. The van der Waals surface area contributed by atoms with Crippen molar-refractivity contribution < 1.29 is 14.0 Å². The fraction of sp³-hybridized carbons (Fsp3) is 0.115. The van der Waals surface area contributed by atoms with Crippen LogP contribution in [-0.2, 0) is 17.9 Å². The first-order valence-corrected chi connectivity index (χ1v) is 10.4. The lowest BCUT2D eigenvalue weighted by atomic mass is 10.1. The van der Waals surface area contributed by atoms with Gasteiger partial charge in [0.15, 0.2) is 0 Å². The molecule has 0 fully saturated rings. The molecule has 0 aliphatic carbocycles. The monoisotopic (exact) mass is 443 g/mol. The van der Waals surface area contributed by atoms with Gasteiger partial charge in [0.05, 0.1) is 11.1 Å². The Hall–Kier alpha value is -4.26. The predicted molar refractivity (Wildman–Crippen MR) is 126 cm³/mol. The summed E-state index contributed by atoms with van der Waals surface area (Å²) in [6, 6.07) is 22.0. The average molecular weight is 443 g/mol. The number of nitrogens with one attached hydrogen (secondary N) is 2. The number of carbonyl (C=O) groups excluding carboxylic acids is 2. The molecule has 0 bridgehead atoms. The van der Waals surface area contributed by atoms with Gasteiger partial charge < -0.3 is 10.6 Å². The van der Waals surface area contributed by atoms with Gasteiger partial charge in [0.1, 0.15) is 12.4 Å². The fourth-order valence-electron chi connectivity index (χ4n) is 3.57. The molecule has 0 aliphatic rings. The van der Waals surface area contributed by atoms with Gasteiger partial charge in [0.2, 0.25) is 5.91 Å². The molecule has 0 saturated carbocycles. The number of fused-ring (bicyclic) bond motifs is 1. The Balaban J connectivity index is 1.59. The maximum absolute atomic E-state index is 13.8. The molecule has 0 atom stereocenters. The van der Waals surface area contributed by atoms with E-state index in [1.165, 1.54) is 16.7 Å². The van der Waals surface area contributed by atoms with E-state index in [9.17, 15) is 18.8 Å². The van der Waals surface area contributed by atoms with Crippen LogP contribution in [0.4, 0.5) is 10.1 Å². The van der Waals surface area contributed by atoms with Crippen molar-refractivity contribution in [2.24, 2.45) is 0 Å². The van der Waals surface area contributed by atoms with Crippen LogP contribution in [0, 0.1) is 12.7 Å². The third-order valence-corrected chi connectivity index (χ3v) is 5.32. The van der Waals surface area contributed by atoms with Crippen molar-refractivity contribution in [1.29, 1.82) is 0 Å². The van der Waals surface area contributed by atoms with E-state index in [-0.39, 0.29) is 18.0 Å². The van der Waals surface area contributed by atoms with Crippen molar-refractivity contribution in [2.75, 3.05) is 5.32 Å². The van der Waals surface area contributed by atoms with Crippen molar-refractivity contribution in [3.63, 3.8) is 0 Å². The van der Waals surface area contributed by atoms with E-state index in [0.29, 0.717) is 28.7 Å². The summed E-state index contributed by atoms with van der Waals surface area (Å²) >= 11 is 0. The molecule has 0 unspecified atom stereocenters. The minimum absolute atomic E-state index is 0.240. The third-order valence-electron chi connectivity index (χ3n) is 5.32. The van der Waals surface area contributed by atoms with Crippen LogP contribution < -0.4 is 16.2 Å². The Morgan fingerprint density at radius 3 is 2.42 bits per heavy atom. The first-order valence-electron chi connectivity index (χ1n) is 10.4. The quantitative estimate of drug-likeness (QED) is 0.472. The zero-order chi connectivity index (χ0) is 23.4. The second kappa shape index (κ2) is 9.48. The number of hydrogen-bond acceptors (Lipinski definition) is 3. The highest BCUT2D eigenvalue weighted by Crippen LogP contribution is 2.18. The van der Waals surface area contributed by atoms with E-state index in [4.69, 9.17) is 0 Å². The second-order valence-corrected chi connectivity index (χ2v) is 7.68. The van der Waals surface area contributed by atoms with Crippen LogP contribution in [0.2, 0.25) is 0 Å². The Bertz CT molecular complexity index is 1400. The van der Waals surface area contributed by atoms with Crippen LogP contribution in [0.3, 0.4) is 0 Å². The molecule has 33 heavy (non-hydrogen) atoms. The Morgan fingerprint density at radius 1 is 0.939 bits per heavy atom. The van der Waals surface area contributed by atoms with Gasteiger partial charge in [0, 0.05) is 23.7 Å². The molecule has 4 aromatic rings. The number of aromatic nitrogens is 1. The summed E-state index contributed by atoms with van der Waals surface area (Å²) in [4.78, 5) is 38.3. The fourth-order valence-corrected chi connectivity index (χ4v) is 3.57. The normalized spacial score (nSPS) is 10.7. The SMILES string of the molecule is Cc1ccc(NC(=O)Cn2c(=O)cc(C(=O)NCc3ccccc3)c3ccccc32)cc1F. The van der Waals surface area contributed by atoms with Crippen LogP contribution in [0.15, 0.2) is 83.7 Å². The molecule has 1 aromatic heterocycles. The Morgan fingerprint density at radius 2 is 1.67 bits per heavy atom. The molecular weight excluding hydrogens is 421 g/mol. The number of para-hydroxylation sites is 1. The Labute approximate surface area is 189 Å². The van der Waals surface area contributed by atoms with Gasteiger partial charge in [-0.05, 0) is 36.2 Å². The predicted octanol–water partition coefficient (Wildman–Crippen LogP) is 4.02. The van der Waals surface area contributed by atoms with Crippen molar-refractivity contribution in [2.45, 2.75) is 20.0 Å². The Kier molecular flexibility index (Phi) is 6.31. The summed E-state index contributed by atoms with van der Waals surface area (Å²) in [6.45, 7) is 1.68. The second-order valence-electron chi connectivity index (χ2n) is 7.68. The van der Waals surface area contributed by atoms with Gasteiger partial charge in [-0.25, -0.2) is 4.39 Å². The van der Waals surface area contributed by atoms with Crippen molar-refractivity contribution in [3.05, 3.63) is 112 Å². The van der Waals surface area contributed by atoms with E-state index >= 15 is 0 Å². The summed E-state index contributed by atoms with van der Waals surface area (Å²) in [7, 11) is 0. The molecule has 1 heterocycles.